The Morgan fingerprint density at radius 1 is 0.811 bits per heavy atom. The predicted octanol–water partition coefficient (Wildman–Crippen LogP) is 3.30. The molecule has 0 saturated heterocycles. The third-order valence-corrected chi connectivity index (χ3v) is 6.16. The summed E-state index contributed by atoms with van der Waals surface area (Å²) < 4.78 is 10.3. The molecule has 0 aliphatic heterocycles. The number of ether oxygens (including phenoxy) is 2. The first-order chi connectivity index (χ1) is 17.1. The van der Waals surface area contributed by atoms with Crippen LogP contribution in [0.3, 0.4) is 0 Å². The van der Waals surface area contributed by atoms with Crippen molar-refractivity contribution in [3.8, 4) is 0 Å². The summed E-state index contributed by atoms with van der Waals surface area (Å²) >= 11 is 0. The van der Waals surface area contributed by atoms with Gasteiger partial charge in [0.15, 0.2) is 0 Å². The topological polar surface area (TPSA) is 143 Å². The minimum atomic E-state index is -1.14. The quantitative estimate of drug-likeness (QED) is 0.238. The van der Waals surface area contributed by atoms with Gasteiger partial charge in [-0.1, -0.05) is 54.4 Å². The van der Waals surface area contributed by atoms with Crippen LogP contribution in [0.5, 0.6) is 0 Å². The average molecular weight is 530 g/mol. The van der Waals surface area contributed by atoms with Crippen molar-refractivity contribution in [3.63, 3.8) is 0 Å². The Morgan fingerprint density at radius 2 is 1.30 bits per heavy atom. The molecular weight excluding hydrogens is 478 g/mol. The molecule has 0 radical (unpaired) electrons. The van der Waals surface area contributed by atoms with Crippen LogP contribution >= 0.6 is 0 Å². The van der Waals surface area contributed by atoms with Crippen LogP contribution in [0.1, 0.15) is 94.9 Å². The minimum absolute atomic E-state index is 0.131. The predicted molar refractivity (Wildman–Crippen MR) is 143 cm³/mol. The third kappa shape index (κ3) is 13.7. The summed E-state index contributed by atoms with van der Waals surface area (Å²) in [6, 6.07) is -2.51. The molecule has 6 atom stereocenters. The van der Waals surface area contributed by atoms with E-state index in [1.165, 1.54) is 0 Å². The molecule has 37 heavy (non-hydrogen) atoms. The lowest BCUT2D eigenvalue weighted by molar-refractivity contribution is -0.146. The number of alkyl carbamates (subject to hydrolysis) is 1. The molecule has 0 spiro atoms. The zero-order chi connectivity index (χ0) is 28.9. The molecule has 0 aromatic heterocycles. The molecule has 0 aromatic carbocycles. The second-order valence-corrected chi connectivity index (χ2v) is 11.2. The first-order valence-corrected chi connectivity index (χ1v) is 13.5. The van der Waals surface area contributed by atoms with Crippen molar-refractivity contribution in [3.05, 3.63) is 0 Å². The number of nitrogens with one attached hydrogen (secondary N) is 3. The van der Waals surface area contributed by atoms with Gasteiger partial charge in [-0.2, -0.15) is 0 Å². The Morgan fingerprint density at radius 3 is 1.73 bits per heavy atom. The van der Waals surface area contributed by atoms with E-state index >= 15 is 0 Å². The highest BCUT2D eigenvalue weighted by Gasteiger charge is 2.35. The summed E-state index contributed by atoms with van der Waals surface area (Å²) in [5, 5.41) is 19.0. The standard InChI is InChI=1S/C27H51N3O7/c1-11-17(6)22(24(33)28-19(14-16(4)5)20(31)15-21(32)36-13-3)29-25(34)23(18(7)12-2)30-26(35)37-27(8,9)10/h16-20,22-23,31H,11-15H2,1-10H3,(H,28,33)(H,29,34)(H,30,35)/t17?,18?,19-,20-,22-,23-/m0/s1. The number of amides is 3. The van der Waals surface area contributed by atoms with Gasteiger partial charge in [0, 0.05) is 0 Å². The fourth-order valence-electron chi connectivity index (χ4n) is 3.71. The molecule has 0 bridgehead atoms. The van der Waals surface area contributed by atoms with Crippen LogP contribution in [0.4, 0.5) is 4.79 Å². The largest absolute Gasteiger partial charge is 0.466 e. The fraction of sp³-hybridized carbons (Fsp3) is 0.852. The molecule has 3 amide bonds. The van der Waals surface area contributed by atoms with Gasteiger partial charge < -0.3 is 30.5 Å². The summed E-state index contributed by atoms with van der Waals surface area (Å²) in [6.45, 7) is 18.5. The van der Waals surface area contributed by atoms with Crippen LogP contribution < -0.4 is 16.0 Å². The van der Waals surface area contributed by atoms with E-state index in [1.54, 1.807) is 27.7 Å². The van der Waals surface area contributed by atoms with E-state index in [-0.39, 0.29) is 30.8 Å². The molecule has 0 rings (SSSR count). The lowest BCUT2D eigenvalue weighted by atomic mass is 9.93. The first kappa shape index (κ1) is 34.6. The lowest BCUT2D eigenvalue weighted by Gasteiger charge is -2.32. The number of carbonyl (C=O) groups excluding carboxylic acids is 4. The van der Waals surface area contributed by atoms with Crippen LogP contribution in [-0.4, -0.2) is 65.4 Å². The summed E-state index contributed by atoms with van der Waals surface area (Å²) in [5.74, 6) is -1.82. The summed E-state index contributed by atoms with van der Waals surface area (Å²) in [4.78, 5) is 51.0. The maximum Gasteiger partial charge on any atom is 0.408 e. The smallest absolute Gasteiger partial charge is 0.408 e. The number of aliphatic hydroxyl groups is 1. The average Bonchev–Trinajstić information content (AvgIpc) is 2.77. The summed E-state index contributed by atoms with van der Waals surface area (Å²) in [6.07, 6.45) is -0.446. The van der Waals surface area contributed by atoms with Crippen LogP contribution in [0.15, 0.2) is 0 Å². The highest BCUT2D eigenvalue weighted by molar-refractivity contribution is 5.91. The van der Waals surface area contributed by atoms with Gasteiger partial charge in [-0.15, -0.1) is 0 Å². The minimum Gasteiger partial charge on any atom is -0.466 e. The van der Waals surface area contributed by atoms with Crippen molar-refractivity contribution in [1.29, 1.82) is 0 Å². The van der Waals surface area contributed by atoms with Gasteiger partial charge in [-0.25, -0.2) is 4.79 Å². The Hall–Kier alpha value is -2.36. The molecule has 10 heteroatoms. The molecule has 0 saturated carbocycles. The van der Waals surface area contributed by atoms with Crippen LogP contribution in [0.25, 0.3) is 0 Å². The van der Waals surface area contributed by atoms with E-state index in [2.05, 4.69) is 16.0 Å². The first-order valence-electron chi connectivity index (χ1n) is 13.5. The van der Waals surface area contributed by atoms with Crippen LogP contribution in [0.2, 0.25) is 0 Å². The summed E-state index contributed by atoms with van der Waals surface area (Å²) in [7, 11) is 0. The van der Waals surface area contributed by atoms with Crippen LogP contribution in [-0.2, 0) is 23.9 Å². The monoisotopic (exact) mass is 529 g/mol. The second-order valence-electron chi connectivity index (χ2n) is 11.2. The normalized spacial score (nSPS) is 16.5. The molecule has 216 valence electrons. The zero-order valence-electron chi connectivity index (χ0n) is 24.5. The van der Waals surface area contributed by atoms with Crippen LogP contribution in [0, 0.1) is 17.8 Å². The molecule has 4 N–H and O–H groups in total. The fourth-order valence-corrected chi connectivity index (χ4v) is 3.71. The lowest BCUT2D eigenvalue weighted by Crippen LogP contribution is -2.59. The Bertz CT molecular complexity index is 736. The van der Waals surface area contributed by atoms with Gasteiger partial charge in [-0.05, 0) is 51.9 Å². The SMILES string of the molecule is CCOC(=O)C[C@H](O)[C@H](CC(C)C)NC(=O)[C@@H](NC(=O)[C@@H](NC(=O)OC(C)(C)C)C(C)CC)C(C)CC. The number of esters is 1. The highest BCUT2D eigenvalue weighted by atomic mass is 16.6. The number of hydrogen-bond donors (Lipinski definition) is 4. The summed E-state index contributed by atoms with van der Waals surface area (Å²) in [5.41, 5.74) is -0.727. The van der Waals surface area contributed by atoms with Crippen molar-refractivity contribution >= 4 is 23.9 Å². The number of hydrogen-bond acceptors (Lipinski definition) is 7. The number of rotatable bonds is 15. The Labute approximate surface area is 223 Å². The van der Waals surface area contributed by atoms with Gasteiger partial charge in [0.2, 0.25) is 11.8 Å². The van der Waals surface area contributed by atoms with Gasteiger partial charge >= 0.3 is 12.1 Å². The molecule has 0 aliphatic rings. The van der Waals surface area contributed by atoms with Gasteiger partial charge in [-0.3, -0.25) is 14.4 Å². The van der Waals surface area contributed by atoms with Gasteiger partial charge in [0.1, 0.15) is 17.7 Å². The molecular formula is C27H51N3O7. The van der Waals surface area contributed by atoms with Gasteiger partial charge in [0.25, 0.3) is 0 Å². The van der Waals surface area contributed by atoms with Crippen molar-refractivity contribution in [1.82, 2.24) is 16.0 Å². The van der Waals surface area contributed by atoms with E-state index in [9.17, 15) is 24.3 Å². The molecule has 2 unspecified atom stereocenters. The molecule has 0 heterocycles. The third-order valence-electron chi connectivity index (χ3n) is 6.16. The molecule has 0 aliphatic carbocycles. The van der Waals surface area contributed by atoms with Crippen molar-refractivity contribution in [2.24, 2.45) is 17.8 Å². The molecule has 0 aromatic rings. The van der Waals surface area contributed by atoms with Crippen molar-refractivity contribution in [2.75, 3.05) is 6.61 Å². The maximum absolute atomic E-state index is 13.4. The number of carbonyl (C=O) groups is 4. The molecule has 0 fully saturated rings. The van der Waals surface area contributed by atoms with Crippen molar-refractivity contribution in [2.45, 2.75) is 125 Å². The zero-order valence-corrected chi connectivity index (χ0v) is 24.5. The second kappa shape index (κ2) is 16.5. The maximum atomic E-state index is 13.4. The Kier molecular flexibility index (Phi) is 15.4. The number of aliphatic hydroxyl groups excluding tert-OH is 1. The van der Waals surface area contributed by atoms with E-state index in [0.29, 0.717) is 19.3 Å². The Balaban J connectivity index is 5.75. The molecule has 10 nitrogen and oxygen atoms in total. The van der Waals surface area contributed by atoms with Crippen molar-refractivity contribution < 1.29 is 33.8 Å². The van der Waals surface area contributed by atoms with E-state index in [1.807, 2.05) is 41.5 Å². The highest BCUT2D eigenvalue weighted by Crippen LogP contribution is 2.16. The van der Waals surface area contributed by atoms with E-state index in [0.717, 1.165) is 0 Å². The van der Waals surface area contributed by atoms with E-state index in [4.69, 9.17) is 9.47 Å². The van der Waals surface area contributed by atoms with Gasteiger partial charge in [0.05, 0.1) is 25.2 Å². The van der Waals surface area contributed by atoms with E-state index < -0.39 is 53.7 Å².